The Kier molecular flexibility index (Phi) is 5.62. The largest absolute Gasteiger partial charge is 0.495 e. The van der Waals surface area contributed by atoms with E-state index in [1.807, 2.05) is 4.72 Å². The van der Waals surface area contributed by atoms with Gasteiger partial charge in [-0.25, -0.2) is 18.1 Å². The predicted octanol–water partition coefficient (Wildman–Crippen LogP) is 2.88. The molecule has 1 aromatic heterocycles. The highest BCUT2D eigenvalue weighted by molar-refractivity contribution is 7.90. The van der Waals surface area contributed by atoms with Crippen molar-refractivity contribution in [1.82, 2.24) is 9.71 Å². The van der Waals surface area contributed by atoms with E-state index in [0.717, 1.165) is 0 Å². The molecule has 0 saturated carbocycles. The molecule has 0 aliphatic carbocycles. The van der Waals surface area contributed by atoms with Crippen LogP contribution in [0.25, 0.3) is 0 Å². The van der Waals surface area contributed by atoms with Crippen molar-refractivity contribution in [3.8, 4) is 5.75 Å². The third kappa shape index (κ3) is 3.83. The van der Waals surface area contributed by atoms with Gasteiger partial charge in [0.15, 0.2) is 0 Å². The van der Waals surface area contributed by atoms with E-state index in [2.05, 4.69) is 9.98 Å². The molecule has 1 aromatic carbocycles. The first kappa shape index (κ1) is 19.8. The van der Waals surface area contributed by atoms with Crippen molar-refractivity contribution < 1.29 is 17.9 Å². The molecular formula is C19H16ClN3O4S. The van der Waals surface area contributed by atoms with Crippen molar-refractivity contribution >= 4 is 33.2 Å². The maximum atomic E-state index is 12.6. The number of pyridine rings is 1. The van der Waals surface area contributed by atoms with Gasteiger partial charge in [-0.15, -0.1) is 0 Å². The lowest BCUT2D eigenvalue weighted by Crippen LogP contribution is -2.31. The summed E-state index contributed by atoms with van der Waals surface area (Å²) in [7, 11) is -2.80. The van der Waals surface area contributed by atoms with Crippen LogP contribution in [0.15, 0.2) is 75.9 Å². The van der Waals surface area contributed by atoms with Crippen molar-refractivity contribution in [3.05, 3.63) is 76.7 Å². The van der Waals surface area contributed by atoms with Crippen LogP contribution in [0.4, 0.5) is 0 Å². The number of aromatic nitrogens is 1. The molecule has 144 valence electrons. The number of methoxy groups -OCH3 is 1. The quantitative estimate of drug-likeness (QED) is 0.806. The van der Waals surface area contributed by atoms with Gasteiger partial charge in [0.2, 0.25) is 0 Å². The summed E-state index contributed by atoms with van der Waals surface area (Å²) in [5.41, 5.74) is 1.35. The van der Waals surface area contributed by atoms with E-state index in [9.17, 15) is 13.2 Å². The van der Waals surface area contributed by atoms with Crippen molar-refractivity contribution in [2.24, 2.45) is 4.99 Å². The lowest BCUT2D eigenvalue weighted by Gasteiger charge is -2.10. The zero-order valence-corrected chi connectivity index (χ0v) is 16.6. The minimum absolute atomic E-state index is 0.0664. The number of amides is 1. The second-order valence-electron chi connectivity index (χ2n) is 5.65. The Morgan fingerprint density at radius 3 is 2.64 bits per heavy atom. The number of aliphatic imine (C=N–C) groups is 1. The van der Waals surface area contributed by atoms with Gasteiger partial charge < -0.3 is 4.74 Å². The molecule has 1 aliphatic rings. The number of halogens is 1. The van der Waals surface area contributed by atoms with E-state index < -0.39 is 15.9 Å². The molecule has 28 heavy (non-hydrogen) atoms. The van der Waals surface area contributed by atoms with Crippen LogP contribution in [0.3, 0.4) is 0 Å². The number of hydrogen-bond donors (Lipinski definition) is 1. The summed E-state index contributed by atoms with van der Waals surface area (Å²) < 4.78 is 32.3. The van der Waals surface area contributed by atoms with Crippen LogP contribution in [-0.2, 0) is 14.8 Å². The highest BCUT2D eigenvalue weighted by Gasteiger charge is 2.27. The molecule has 3 rings (SSSR count). The molecule has 0 fully saturated rings. The Labute approximate surface area is 167 Å². The van der Waals surface area contributed by atoms with Crippen LogP contribution >= 0.6 is 11.6 Å². The predicted molar refractivity (Wildman–Crippen MR) is 106 cm³/mol. The normalized spacial score (nSPS) is 15.2. The molecule has 0 saturated heterocycles. The van der Waals surface area contributed by atoms with Crippen molar-refractivity contribution in [2.75, 3.05) is 7.11 Å². The number of hydrogen-bond acceptors (Lipinski definition) is 6. The zero-order chi connectivity index (χ0) is 20.3. The third-order valence-electron chi connectivity index (χ3n) is 3.91. The van der Waals surface area contributed by atoms with E-state index in [-0.39, 0.29) is 16.3 Å². The van der Waals surface area contributed by atoms with Gasteiger partial charge in [0.05, 0.1) is 17.8 Å². The smallest absolute Gasteiger partial charge is 0.283 e. The lowest BCUT2D eigenvalue weighted by molar-refractivity contribution is -0.115. The summed E-state index contributed by atoms with van der Waals surface area (Å²) in [4.78, 5) is 20.9. The lowest BCUT2D eigenvalue weighted by atomic mass is 10.1. The van der Waals surface area contributed by atoms with Crippen molar-refractivity contribution in [3.63, 3.8) is 0 Å². The number of benzene rings is 1. The van der Waals surface area contributed by atoms with Gasteiger partial charge in [0, 0.05) is 11.8 Å². The van der Waals surface area contributed by atoms with Gasteiger partial charge in [-0.3, -0.25) is 9.78 Å². The molecule has 2 aromatic rings. The van der Waals surface area contributed by atoms with Crippen LogP contribution in [0, 0.1) is 0 Å². The van der Waals surface area contributed by atoms with Gasteiger partial charge in [0.1, 0.15) is 22.0 Å². The standard InChI is InChI=1S/C19H16ClN3O4S/c1-3-12-11-14(22-17(12)18-13(20)7-6-10-21-18)19(24)23-28(25,26)16-9-5-4-8-15(16)27-2/h3-11H,1-2H3,(H,23,24)/b12-3+. The van der Waals surface area contributed by atoms with Crippen LogP contribution in [0.2, 0.25) is 5.02 Å². The molecule has 1 aliphatic heterocycles. The van der Waals surface area contributed by atoms with Gasteiger partial charge in [-0.05, 0) is 37.3 Å². The number of nitrogens with zero attached hydrogens (tertiary/aromatic N) is 2. The molecule has 7 nitrogen and oxygen atoms in total. The first-order valence-corrected chi connectivity index (χ1v) is 10.0. The van der Waals surface area contributed by atoms with Gasteiger partial charge in [-0.2, -0.15) is 0 Å². The molecule has 0 bridgehead atoms. The molecule has 0 radical (unpaired) electrons. The van der Waals surface area contributed by atoms with Crippen LogP contribution in [-0.4, -0.2) is 32.1 Å². The van der Waals surface area contributed by atoms with Crippen molar-refractivity contribution in [2.45, 2.75) is 11.8 Å². The first-order chi connectivity index (χ1) is 13.4. The summed E-state index contributed by atoms with van der Waals surface area (Å²) in [5, 5.41) is 0.373. The summed E-state index contributed by atoms with van der Waals surface area (Å²) in [5.74, 6) is -0.742. The van der Waals surface area contributed by atoms with Crippen LogP contribution in [0.1, 0.15) is 12.6 Å². The molecular weight excluding hydrogens is 402 g/mol. The molecule has 0 atom stereocenters. The number of allylic oxidation sites excluding steroid dienone is 3. The SMILES string of the molecule is C/C=C1\C=C(C(=O)NS(=O)(=O)c2ccccc2OC)N=C1c1ncccc1Cl. The zero-order valence-electron chi connectivity index (χ0n) is 15.0. The van der Waals surface area contributed by atoms with Crippen LogP contribution in [0.5, 0.6) is 5.75 Å². The summed E-state index contributed by atoms with van der Waals surface area (Å²) in [6.07, 6.45) is 4.77. The van der Waals surface area contributed by atoms with E-state index in [1.165, 1.54) is 31.4 Å². The van der Waals surface area contributed by atoms with Crippen molar-refractivity contribution in [1.29, 1.82) is 0 Å². The number of sulfonamides is 1. The molecule has 1 amide bonds. The van der Waals surface area contributed by atoms with E-state index >= 15 is 0 Å². The average Bonchev–Trinajstić information content (AvgIpc) is 3.12. The molecule has 1 N–H and O–H groups in total. The van der Waals surface area contributed by atoms with Gasteiger partial charge in [-0.1, -0.05) is 29.8 Å². The average molecular weight is 418 g/mol. The number of para-hydroxylation sites is 1. The summed E-state index contributed by atoms with van der Waals surface area (Å²) >= 11 is 6.17. The number of carbonyl (C=O) groups excluding carboxylic acids is 1. The topological polar surface area (TPSA) is 97.7 Å². The van der Waals surface area contributed by atoms with Gasteiger partial charge >= 0.3 is 0 Å². The van der Waals surface area contributed by atoms with Crippen LogP contribution < -0.4 is 9.46 Å². The third-order valence-corrected chi connectivity index (χ3v) is 5.59. The fraction of sp³-hybridized carbons (Fsp3) is 0.105. The second-order valence-corrected chi connectivity index (χ2v) is 7.71. The number of carbonyl (C=O) groups is 1. The molecule has 2 heterocycles. The number of nitrogens with one attached hydrogen (secondary N) is 1. The summed E-state index contributed by atoms with van der Waals surface area (Å²) in [6.45, 7) is 1.77. The minimum Gasteiger partial charge on any atom is -0.495 e. The highest BCUT2D eigenvalue weighted by atomic mass is 35.5. The maximum absolute atomic E-state index is 12.6. The second kappa shape index (κ2) is 7.95. The van der Waals surface area contributed by atoms with E-state index in [0.29, 0.717) is 22.0 Å². The Balaban J connectivity index is 1.92. The minimum atomic E-state index is -4.15. The van der Waals surface area contributed by atoms with Gasteiger partial charge in [0.25, 0.3) is 15.9 Å². The fourth-order valence-corrected chi connectivity index (χ4v) is 3.93. The molecule has 0 unspecified atom stereocenters. The summed E-state index contributed by atoms with van der Waals surface area (Å²) in [6, 6.07) is 9.34. The number of ether oxygens (including phenoxy) is 1. The molecule has 9 heteroatoms. The van der Waals surface area contributed by atoms with E-state index in [4.69, 9.17) is 16.3 Å². The Morgan fingerprint density at radius 1 is 1.21 bits per heavy atom. The monoisotopic (exact) mass is 417 g/mol. The number of rotatable bonds is 5. The first-order valence-electron chi connectivity index (χ1n) is 8.15. The Bertz CT molecular complexity index is 1140. The fourth-order valence-electron chi connectivity index (χ4n) is 2.59. The molecule has 0 spiro atoms. The Morgan fingerprint density at radius 2 is 1.96 bits per heavy atom. The van der Waals surface area contributed by atoms with E-state index in [1.54, 1.807) is 37.4 Å². The highest BCUT2D eigenvalue weighted by Crippen LogP contribution is 2.26. The Hall–Kier alpha value is -2.97. The maximum Gasteiger partial charge on any atom is 0.283 e.